The zero-order chi connectivity index (χ0) is 19.1. The quantitative estimate of drug-likeness (QED) is 0.798. The molecule has 1 heterocycles. The van der Waals surface area contributed by atoms with Gasteiger partial charge in [-0.25, -0.2) is 0 Å². The molecule has 0 radical (unpaired) electrons. The summed E-state index contributed by atoms with van der Waals surface area (Å²) in [5.74, 6) is -1.12. The molecule has 5 nitrogen and oxygen atoms in total. The van der Waals surface area contributed by atoms with Gasteiger partial charge in [0.05, 0.1) is 10.8 Å². The maximum atomic E-state index is 12.8. The predicted molar refractivity (Wildman–Crippen MR) is 102 cm³/mol. The van der Waals surface area contributed by atoms with Crippen molar-refractivity contribution in [2.45, 2.75) is 32.1 Å². The molecule has 1 atom stereocenters. The van der Waals surface area contributed by atoms with Crippen LogP contribution < -0.4 is 0 Å². The average molecular weight is 391 g/mol. The largest absolute Gasteiger partial charge is 0.286 e. The summed E-state index contributed by atoms with van der Waals surface area (Å²) < 4.78 is 26.1. The average Bonchev–Trinajstić information content (AvgIpc) is 2.87. The molecule has 0 bridgehead atoms. The third-order valence-electron chi connectivity index (χ3n) is 4.59. The second-order valence-corrected chi connectivity index (χ2v) is 8.66. The van der Waals surface area contributed by atoms with Crippen LogP contribution in [0.1, 0.15) is 23.6 Å². The van der Waals surface area contributed by atoms with Gasteiger partial charge < -0.3 is 0 Å². The van der Waals surface area contributed by atoms with Crippen LogP contribution in [0, 0.1) is 19.8 Å². The highest BCUT2D eigenvalue weighted by Gasteiger charge is 2.41. The van der Waals surface area contributed by atoms with E-state index in [0.717, 1.165) is 11.1 Å². The van der Waals surface area contributed by atoms with Gasteiger partial charge in [-0.05, 0) is 68.1 Å². The molecule has 26 heavy (non-hydrogen) atoms. The number of halogens is 1. The third kappa shape index (κ3) is 3.39. The number of hydrogen-bond donors (Lipinski definition) is 0. The van der Waals surface area contributed by atoms with E-state index in [1.807, 2.05) is 32.0 Å². The van der Waals surface area contributed by atoms with E-state index in [9.17, 15) is 13.2 Å². The van der Waals surface area contributed by atoms with Crippen molar-refractivity contribution in [3.05, 3.63) is 64.2 Å². The molecule has 0 fully saturated rings. The van der Waals surface area contributed by atoms with Gasteiger partial charge in [0.25, 0.3) is 15.9 Å². The molecular weight excluding hydrogens is 372 g/mol. The lowest BCUT2D eigenvalue weighted by Gasteiger charge is -2.15. The van der Waals surface area contributed by atoms with Crippen molar-refractivity contribution in [2.75, 3.05) is 0 Å². The van der Waals surface area contributed by atoms with Gasteiger partial charge in [-0.3, -0.25) is 4.79 Å². The fourth-order valence-corrected chi connectivity index (χ4v) is 4.26. The molecule has 2 aromatic carbocycles. The van der Waals surface area contributed by atoms with E-state index in [4.69, 9.17) is 11.6 Å². The molecule has 2 aromatic rings. The number of rotatable bonds is 4. The van der Waals surface area contributed by atoms with Crippen LogP contribution in [-0.2, 0) is 21.2 Å². The van der Waals surface area contributed by atoms with Crippen LogP contribution in [0.5, 0.6) is 0 Å². The normalized spacial score (nSPS) is 17.5. The summed E-state index contributed by atoms with van der Waals surface area (Å²) in [5, 5.41) is 4.46. The first-order valence-corrected chi connectivity index (χ1v) is 9.98. The SMILES string of the molecule is CC1=NN(S(=O)(=O)c2ccc(Cl)cc2)C(=O)C1Cc1ccc(C)c(C)c1. The van der Waals surface area contributed by atoms with Crippen LogP contribution in [-0.4, -0.2) is 24.5 Å². The summed E-state index contributed by atoms with van der Waals surface area (Å²) in [6.45, 7) is 5.71. The van der Waals surface area contributed by atoms with E-state index in [0.29, 0.717) is 21.6 Å². The van der Waals surface area contributed by atoms with E-state index >= 15 is 0 Å². The molecule has 0 saturated carbocycles. The molecule has 3 rings (SSSR count). The van der Waals surface area contributed by atoms with Gasteiger partial charge >= 0.3 is 0 Å². The number of nitrogens with zero attached hydrogens (tertiary/aromatic N) is 2. The lowest BCUT2D eigenvalue weighted by molar-refractivity contribution is -0.127. The molecular formula is C19H19ClN2O3S. The minimum Gasteiger partial charge on any atom is -0.271 e. The van der Waals surface area contributed by atoms with E-state index in [1.165, 1.54) is 29.8 Å². The summed E-state index contributed by atoms with van der Waals surface area (Å²) in [6.07, 6.45) is 0.419. The highest BCUT2D eigenvalue weighted by atomic mass is 35.5. The van der Waals surface area contributed by atoms with E-state index < -0.39 is 21.8 Å². The molecule has 1 aliphatic rings. The first kappa shape index (κ1) is 18.6. The first-order valence-electron chi connectivity index (χ1n) is 8.16. The molecule has 0 aromatic heterocycles. The molecule has 7 heteroatoms. The molecule has 0 spiro atoms. The van der Waals surface area contributed by atoms with E-state index in [2.05, 4.69) is 5.10 Å². The highest BCUT2D eigenvalue weighted by molar-refractivity contribution is 7.89. The minimum atomic E-state index is -4.04. The maximum Gasteiger partial charge on any atom is 0.286 e. The first-order chi connectivity index (χ1) is 12.2. The Morgan fingerprint density at radius 1 is 1.04 bits per heavy atom. The second-order valence-electron chi connectivity index (χ2n) is 6.46. The number of benzene rings is 2. The van der Waals surface area contributed by atoms with Crippen LogP contribution >= 0.6 is 11.6 Å². The standard InChI is InChI=1S/C19H19ClN2O3S/c1-12-4-5-15(10-13(12)2)11-18-14(3)21-22(19(18)23)26(24,25)17-8-6-16(20)7-9-17/h4-10,18H,11H2,1-3H3. The van der Waals surface area contributed by atoms with Gasteiger partial charge in [0.1, 0.15) is 0 Å². The third-order valence-corrected chi connectivity index (χ3v) is 6.43. The van der Waals surface area contributed by atoms with Crippen molar-refractivity contribution in [2.24, 2.45) is 11.0 Å². The number of carbonyl (C=O) groups excluding carboxylic acids is 1. The Hall–Kier alpha value is -2.18. The molecule has 136 valence electrons. The van der Waals surface area contributed by atoms with Crippen LogP contribution in [0.25, 0.3) is 0 Å². The van der Waals surface area contributed by atoms with Crippen molar-refractivity contribution in [1.82, 2.24) is 4.41 Å². The van der Waals surface area contributed by atoms with Crippen LogP contribution in [0.4, 0.5) is 0 Å². The Balaban J connectivity index is 1.87. The van der Waals surface area contributed by atoms with Gasteiger partial charge in [0.15, 0.2) is 0 Å². The fourth-order valence-electron chi connectivity index (χ4n) is 2.85. The topological polar surface area (TPSA) is 66.8 Å². The Kier molecular flexibility index (Phi) is 4.90. The number of hydrazone groups is 1. The Bertz CT molecular complexity index is 998. The summed E-state index contributed by atoms with van der Waals surface area (Å²) >= 11 is 5.81. The van der Waals surface area contributed by atoms with Crippen molar-refractivity contribution >= 4 is 33.2 Å². The fraction of sp³-hybridized carbons (Fsp3) is 0.263. The summed E-state index contributed by atoms with van der Waals surface area (Å²) in [5.41, 5.74) is 3.77. The Morgan fingerprint density at radius 2 is 1.69 bits per heavy atom. The van der Waals surface area contributed by atoms with Gasteiger partial charge in [-0.2, -0.15) is 13.5 Å². The molecule has 0 aliphatic carbocycles. The number of amides is 1. The van der Waals surface area contributed by atoms with Crippen LogP contribution in [0.15, 0.2) is 52.5 Å². The summed E-state index contributed by atoms with van der Waals surface area (Å²) in [7, 11) is -4.04. The summed E-state index contributed by atoms with van der Waals surface area (Å²) in [4.78, 5) is 12.8. The molecule has 0 saturated heterocycles. The van der Waals surface area contributed by atoms with Gasteiger partial charge in [-0.1, -0.05) is 29.8 Å². The Morgan fingerprint density at radius 3 is 2.31 bits per heavy atom. The van der Waals surface area contributed by atoms with Crippen molar-refractivity contribution in [1.29, 1.82) is 0 Å². The van der Waals surface area contributed by atoms with Crippen LogP contribution in [0.3, 0.4) is 0 Å². The van der Waals surface area contributed by atoms with Gasteiger partial charge in [-0.15, -0.1) is 4.41 Å². The smallest absolute Gasteiger partial charge is 0.271 e. The lowest BCUT2D eigenvalue weighted by Crippen LogP contribution is -2.33. The lowest BCUT2D eigenvalue weighted by atomic mass is 9.94. The highest BCUT2D eigenvalue weighted by Crippen LogP contribution is 2.27. The van der Waals surface area contributed by atoms with E-state index in [-0.39, 0.29) is 4.90 Å². The molecule has 1 unspecified atom stereocenters. The van der Waals surface area contributed by atoms with Gasteiger partial charge in [0, 0.05) is 10.7 Å². The molecule has 0 N–H and O–H groups in total. The monoisotopic (exact) mass is 390 g/mol. The van der Waals surface area contributed by atoms with E-state index in [1.54, 1.807) is 6.92 Å². The van der Waals surface area contributed by atoms with Crippen molar-refractivity contribution < 1.29 is 13.2 Å². The minimum absolute atomic E-state index is 0.0152. The van der Waals surface area contributed by atoms with Crippen molar-refractivity contribution in [3.8, 4) is 0 Å². The zero-order valence-electron chi connectivity index (χ0n) is 14.7. The number of sulfonamides is 1. The number of hydrogen-bond acceptors (Lipinski definition) is 4. The predicted octanol–water partition coefficient (Wildman–Crippen LogP) is 3.72. The van der Waals surface area contributed by atoms with Crippen molar-refractivity contribution in [3.63, 3.8) is 0 Å². The molecule has 1 amide bonds. The number of carbonyl (C=O) groups is 1. The zero-order valence-corrected chi connectivity index (χ0v) is 16.3. The second kappa shape index (κ2) is 6.85. The van der Waals surface area contributed by atoms with Gasteiger partial charge in [0.2, 0.25) is 0 Å². The molecule has 1 aliphatic heterocycles. The summed E-state index contributed by atoms with van der Waals surface area (Å²) in [6, 6.07) is 11.7. The Labute approximate surface area is 158 Å². The van der Waals surface area contributed by atoms with Crippen LogP contribution in [0.2, 0.25) is 5.02 Å². The maximum absolute atomic E-state index is 12.8. The number of aryl methyl sites for hydroxylation is 2.